The molecule has 1 atom stereocenters. The summed E-state index contributed by atoms with van der Waals surface area (Å²) in [7, 11) is 0. The predicted octanol–water partition coefficient (Wildman–Crippen LogP) is 2.30. The monoisotopic (exact) mass is 267 g/mol. The normalized spacial score (nSPS) is 12.1. The second kappa shape index (κ2) is 9.00. The number of hydrogen-bond acceptors (Lipinski definition) is 3. The van der Waals surface area contributed by atoms with Crippen LogP contribution < -0.4 is 5.32 Å². The van der Waals surface area contributed by atoms with E-state index < -0.39 is 0 Å². The molecule has 0 saturated carbocycles. The Kier molecular flexibility index (Phi) is 7.53. The Morgan fingerprint density at radius 3 is 2.78 bits per heavy atom. The maximum absolute atomic E-state index is 11.5. The highest BCUT2D eigenvalue weighted by molar-refractivity contribution is 7.99. The summed E-state index contributed by atoms with van der Waals surface area (Å²) in [6, 6.07) is 10.2. The number of rotatable bonds is 8. The van der Waals surface area contributed by atoms with E-state index in [-0.39, 0.29) is 18.4 Å². The molecule has 1 unspecified atom stereocenters. The van der Waals surface area contributed by atoms with Crippen molar-refractivity contribution in [3.8, 4) is 0 Å². The predicted molar refractivity (Wildman–Crippen MR) is 75.7 cm³/mol. The van der Waals surface area contributed by atoms with E-state index in [1.54, 1.807) is 11.8 Å². The number of aliphatic hydroxyl groups is 1. The maximum atomic E-state index is 11.5. The van der Waals surface area contributed by atoms with Crippen molar-refractivity contribution in [3.63, 3.8) is 0 Å². The van der Waals surface area contributed by atoms with Crippen molar-refractivity contribution < 1.29 is 9.90 Å². The number of nitrogens with one attached hydrogen (secondary N) is 1. The van der Waals surface area contributed by atoms with Crippen LogP contribution in [-0.4, -0.2) is 29.9 Å². The average molecular weight is 267 g/mol. The Morgan fingerprint density at radius 2 is 2.11 bits per heavy atom. The van der Waals surface area contributed by atoms with E-state index >= 15 is 0 Å². The van der Waals surface area contributed by atoms with Gasteiger partial charge in [-0.1, -0.05) is 25.1 Å². The van der Waals surface area contributed by atoms with Crippen LogP contribution in [0.15, 0.2) is 35.2 Å². The van der Waals surface area contributed by atoms with Crippen molar-refractivity contribution in [2.75, 3.05) is 18.9 Å². The van der Waals surface area contributed by atoms with Gasteiger partial charge in [-0.05, 0) is 30.2 Å². The molecule has 3 nitrogen and oxygen atoms in total. The van der Waals surface area contributed by atoms with Crippen LogP contribution in [0.1, 0.15) is 19.8 Å². The zero-order valence-electron chi connectivity index (χ0n) is 10.8. The lowest BCUT2D eigenvalue weighted by Crippen LogP contribution is -2.29. The highest BCUT2D eigenvalue weighted by atomic mass is 32.2. The van der Waals surface area contributed by atoms with Gasteiger partial charge >= 0.3 is 0 Å². The van der Waals surface area contributed by atoms with E-state index in [0.717, 1.165) is 12.2 Å². The lowest BCUT2D eigenvalue weighted by atomic mass is 10.2. The number of benzene rings is 1. The van der Waals surface area contributed by atoms with Crippen LogP contribution in [0.5, 0.6) is 0 Å². The molecule has 0 fully saturated rings. The standard InChI is InChI=1S/C14H21NO2S/c1-12(11-16)10-15-14(17)8-5-9-18-13-6-3-2-4-7-13/h2-4,6-7,12,16H,5,8-11H2,1H3,(H,15,17). The molecule has 2 N–H and O–H groups in total. The lowest BCUT2D eigenvalue weighted by molar-refractivity contribution is -0.121. The molecule has 0 heterocycles. The van der Waals surface area contributed by atoms with Gasteiger partial charge in [-0.3, -0.25) is 4.79 Å². The summed E-state index contributed by atoms with van der Waals surface area (Å²) < 4.78 is 0. The van der Waals surface area contributed by atoms with E-state index in [0.29, 0.717) is 13.0 Å². The fourth-order valence-corrected chi connectivity index (χ4v) is 2.25. The average Bonchev–Trinajstić information content (AvgIpc) is 2.42. The fourth-order valence-electron chi connectivity index (χ4n) is 1.38. The summed E-state index contributed by atoms with van der Waals surface area (Å²) in [5.41, 5.74) is 0. The molecule has 100 valence electrons. The number of hydrogen-bond donors (Lipinski definition) is 2. The van der Waals surface area contributed by atoms with Gasteiger partial charge < -0.3 is 10.4 Å². The van der Waals surface area contributed by atoms with E-state index in [4.69, 9.17) is 5.11 Å². The first-order valence-corrected chi connectivity index (χ1v) is 7.26. The van der Waals surface area contributed by atoms with Gasteiger partial charge in [0.05, 0.1) is 0 Å². The summed E-state index contributed by atoms with van der Waals surface area (Å²) in [4.78, 5) is 12.7. The third-order valence-corrected chi connectivity index (χ3v) is 3.62. The van der Waals surface area contributed by atoms with Crippen molar-refractivity contribution >= 4 is 17.7 Å². The molecule has 0 aliphatic heterocycles. The Labute approximate surface area is 113 Å². The molecular weight excluding hydrogens is 246 g/mol. The van der Waals surface area contributed by atoms with E-state index in [1.807, 2.05) is 25.1 Å². The van der Waals surface area contributed by atoms with Crippen LogP contribution in [0.4, 0.5) is 0 Å². The molecule has 1 rings (SSSR count). The number of aliphatic hydroxyl groups excluding tert-OH is 1. The largest absolute Gasteiger partial charge is 0.396 e. The third kappa shape index (κ3) is 6.67. The molecule has 1 amide bonds. The minimum atomic E-state index is 0.0731. The van der Waals surface area contributed by atoms with Gasteiger partial charge in [0.2, 0.25) is 5.91 Å². The maximum Gasteiger partial charge on any atom is 0.220 e. The number of carbonyl (C=O) groups excluding carboxylic acids is 1. The first-order chi connectivity index (χ1) is 8.72. The Bertz CT molecular complexity index is 343. The van der Waals surface area contributed by atoms with Gasteiger partial charge in [-0.15, -0.1) is 11.8 Å². The minimum Gasteiger partial charge on any atom is -0.396 e. The van der Waals surface area contributed by atoms with Gasteiger partial charge in [-0.2, -0.15) is 0 Å². The first kappa shape index (κ1) is 15.1. The van der Waals surface area contributed by atoms with Gasteiger partial charge in [0, 0.05) is 24.5 Å². The molecule has 4 heteroatoms. The Hall–Kier alpha value is -1.00. The van der Waals surface area contributed by atoms with E-state index in [1.165, 1.54) is 4.90 Å². The highest BCUT2D eigenvalue weighted by Crippen LogP contribution is 2.18. The Balaban J connectivity index is 2.05. The van der Waals surface area contributed by atoms with Crippen LogP contribution in [0.3, 0.4) is 0 Å². The molecule has 0 aliphatic carbocycles. The molecule has 1 aromatic rings. The smallest absolute Gasteiger partial charge is 0.220 e. The van der Waals surface area contributed by atoms with Gasteiger partial charge in [0.1, 0.15) is 0 Å². The molecule has 1 aromatic carbocycles. The van der Waals surface area contributed by atoms with Crippen LogP contribution in [0.25, 0.3) is 0 Å². The van der Waals surface area contributed by atoms with E-state index in [2.05, 4.69) is 17.4 Å². The molecule has 0 aromatic heterocycles. The van der Waals surface area contributed by atoms with E-state index in [9.17, 15) is 4.79 Å². The van der Waals surface area contributed by atoms with Crippen molar-refractivity contribution in [3.05, 3.63) is 30.3 Å². The van der Waals surface area contributed by atoms with Crippen LogP contribution >= 0.6 is 11.8 Å². The fraction of sp³-hybridized carbons (Fsp3) is 0.500. The van der Waals surface area contributed by atoms with Crippen molar-refractivity contribution in [2.45, 2.75) is 24.7 Å². The zero-order chi connectivity index (χ0) is 13.2. The molecule has 0 aliphatic rings. The first-order valence-electron chi connectivity index (χ1n) is 6.27. The summed E-state index contributed by atoms with van der Waals surface area (Å²) in [6.45, 7) is 2.58. The molecule has 0 radical (unpaired) electrons. The zero-order valence-corrected chi connectivity index (χ0v) is 11.6. The third-order valence-electron chi connectivity index (χ3n) is 2.52. The highest BCUT2D eigenvalue weighted by Gasteiger charge is 2.04. The topological polar surface area (TPSA) is 49.3 Å². The van der Waals surface area contributed by atoms with Crippen LogP contribution in [0, 0.1) is 5.92 Å². The summed E-state index contributed by atoms with van der Waals surface area (Å²) in [5, 5.41) is 11.7. The molecule has 18 heavy (non-hydrogen) atoms. The van der Waals surface area contributed by atoms with Crippen LogP contribution in [0.2, 0.25) is 0 Å². The molecule has 0 bridgehead atoms. The van der Waals surface area contributed by atoms with Gasteiger partial charge in [0.15, 0.2) is 0 Å². The minimum absolute atomic E-state index is 0.0731. The van der Waals surface area contributed by atoms with Crippen molar-refractivity contribution in [1.82, 2.24) is 5.32 Å². The second-order valence-corrected chi connectivity index (χ2v) is 5.53. The number of amides is 1. The van der Waals surface area contributed by atoms with Crippen LogP contribution in [-0.2, 0) is 4.79 Å². The molecule has 0 saturated heterocycles. The molecular formula is C14H21NO2S. The van der Waals surface area contributed by atoms with Crippen molar-refractivity contribution in [1.29, 1.82) is 0 Å². The lowest BCUT2D eigenvalue weighted by Gasteiger charge is -2.09. The molecule has 0 spiro atoms. The van der Waals surface area contributed by atoms with Gasteiger partial charge in [-0.25, -0.2) is 0 Å². The number of carbonyl (C=O) groups is 1. The summed E-state index contributed by atoms with van der Waals surface area (Å²) in [5.74, 6) is 1.16. The quantitative estimate of drug-likeness (QED) is 0.561. The van der Waals surface area contributed by atoms with Crippen molar-refractivity contribution in [2.24, 2.45) is 5.92 Å². The second-order valence-electron chi connectivity index (χ2n) is 4.36. The summed E-state index contributed by atoms with van der Waals surface area (Å²) in [6.07, 6.45) is 1.43. The SMILES string of the molecule is CC(CO)CNC(=O)CCCSc1ccccc1. The van der Waals surface area contributed by atoms with Gasteiger partial charge in [0.25, 0.3) is 0 Å². The Morgan fingerprint density at radius 1 is 1.39 bits per heavy atom. The summed E-state index contributed by atoms with van der Waals surface area (Å²) >= 11 is 1.77. The number of thioether (sulfide) groups is 1.